The van der Waals surface area contributed by atoms with Gasteiger partial charge in [-0.2, -0.15) is 0 Å². The molecule has 0 aromatic carbocycles. The number of halogens is 1. The Kier molecular flexibility index (Phi) is 5.64. The number of rotatable bonds is 4. The molecule has 1 aliphatic rings. The third-order valence-corrected chi connectivity index (χ3v) is 5.41. The van der Waals surface area contributed by atoms with E-state index in [1.165, 1.54) is 9.78 Å². The molecular formula is C14H19BrN2O3S. The molecule has 2 atom stereocenters. The third kappa shape index (κ3) is 4.20. The number of nitrogens with one attached hydrogen (secondary N) is 1. The lowest BCUT2D eigenvalue weighted by atomic mass is 9.91. The summed E-state index contributed by atoms with van der Waals surface area (Å²) in [5.41, 5.74) is 0. The van der Waals surface area contributed by atoms with Gasteiger partial charge in [0.05, 0.1) is 3.79 Å². The second-order valence-electron chi connectivity index (χ2n) is 5.28. The smallest absolute Gasteiger partial charge is 0.326 e. The van der Waals surface area contributed by atoms with Gasteiger partial charge in [0.1, 0.15) is 6.04 Å². The molecule has 21 heavy (non-hydrogen) atoms. The van der Waals surface area contributed by atoms with Crippen molar-refractivity contribution >= 4 is 39.3 Å². The maximum atomic E-state index is 12.2. The van der Waals surface area contributed by atoms with E-state index < -0.39 is 12.0 Å². The van der Waals surface area contributed by atoms with Crippen molar-refractivity contribution in [3.8, 4) is 0 Å². The lowest BCUT2D eigenvalue weighted by Gasteiger charge is -2.37. The Morgan fingerprint density at radius 2 is 2.29 bits per heavy atom. The van der Waals surface area contributed by atoms with E-state index in [-0.39, 0.29) is 11.9 Å². The van der Waals surface area contributed by atoms with Crippen LogP contribution in [0.1, 0.15) is 24.6 Å². The number of carbonyl (C=O) groups is 2. The summed E-state index contributed by atoms with van der Waals surface area (Å²) in [6.45, 7) is 2.92. The number of carboxylic acids is 1. The van der Waals surface area contributed by atoms with Crippen molar-refractivity contribution < 1.29 is 14.7 Å². The highest BCUT2D eigenvalue weighted by Gasteiger charge is 2.36. The van der Waals surface area contributed by atoms with Crippen molar-refractivity contribution in [2.75, 3.05) is 13.1 Å². The Morgan fingerprint density at radius 1 is 1.52 bits per heavy atom. The second-order valence-corrected chi connectivity index (χ2v) is 7.83. The third-order valence-electron chi connectivity index (χ3n) is 3.72. The average molecular weight is 375 g/mol. The van der Waals surface area contributed by atoms with Crippen LogP contribution in [0.2, 0.25) is 0 Å². The summed E-state index contributed by atoms with van der Waals surface area (Å²) in [6, 6.07) is 3.01. The van der Waals surface area contributed by atoms with Gasteiger partial charge in [-0.15, -0.1) is 11.3 Å². The monoisotopic (exact) mass is 374 g/mol. The Bertz CT molecular complexity index is 520. The van der Waals surface area contributed by atoms with E-state index in [2.05, 4.69) is 21.2 Å². The van der Waals surface area contributed by atoms with Crippen molar-refractivity contribution in [3.63, 3.8) is 0 Å². The van der Waals surface area contributed by atoms with Crippen LogP contribution in [-0.2, 0) is 11.2 Å². The molecule has 1 aromatic rings. The van der Waals surface area contributed by atoms with Crippen LogP contribution in [-0.4, -0.2) is 41.1 Å². The molecule has 5 nitrogen and oxygen atoms in total. The van der Waals surface area contributed by atoms with Gasteiger partial charge in [0.25, 0.3) is 0 Å². The summed E-state index contributed by atoms with van der Waals surface area (Å²) in [7, 11) is 0. The van der Waals surface area contributed by atoms with E-state index in [1.54, 1.807) is 11.3 Å². The van der Waals surface area contributed by atoms with Gasteiger partial charge in [0.2, 0.25) is 0 Å². The van der Waals surface area contributed by atoms with Crippen LogP contribution >= 0.6 is 27.3 Å². The standard InChI is InChI=1S/C14H19BrN2O3S/c1-9-3-2-8-17(12(9)13(18)19)14(20)16-7-6-10-4-5-11(15)21-10/h4-5,9,12H,2-3,6-8H2,1H3,(H,16,20)(H,18,19). The van der Waals surface area contributed by atoms with Gasteiger partial charge < -0.3 is 15.3 Å². The summed E-state index contributed by atoms with van der Waals surface area (Å²) >= 11 is 5.04. The molecule has 0 aliphatic carbocycles. The van der Waals surface area contributed by atoms with Crippen LogP contribution in [0.4, 0.5) is 4.79 Å². The summed E-state index contributed by atoms with van der Waals surface area (Å²) in [6.07, 6.45) is 2.46. The van der Waals surface area contributed by atoms with Crippen LogP contribution in [0.3, 0.4) is 0 Å². The highest BCUT2D eigenvalue weighted by atomic mass is 79.9. The molecule has 1 saturated heterocycles. The average Bonchev–Trinajstić information content (AvgIpc) is 2.83. The number of nitrogens with zero attached hydrogens (tertiary/aromatic N) is 1. The van der Waals surface area contributed by atoms with Gasteiger partial charge >= 0.3 is 12.0 Å². The molecule has 2 rings (SSSR count). The first-order chi connectivity index (χ1) is 9.99. The summed E-state index contributed by atoms with van der Waals surface area (Å²) in [4.78, 5) is 26.2. The zero-order valence-electron chi connectivity index (χ0n) is 11.8. The summed E-state index contributed by atoms with van der Waals surface area (Å²) < 4.78 is 1.07. The number of thiophene rings is 1. The molecule has 7 heteroatoms. The predicted molar refractivity (Wildman–Crippen MR) is 85.6 cm³/mol. The number of carbonyl (C=O) groups excluding carboxylic acids is 1. The molecule has 0 bridgehead atoms. The molecule has 0 spiro atoms. The largest absolute Gasteiger partial charge is 0.480 e. The number of carboxylic acid groups (broad SMARTS) is 1. The zero-order chi connectivity index (χ0) is 15.4. The first-order valence-corrected chi connectivity index (χ1v) is 8.61. The number of hydrogen-bond acceptors (Lipinski definition) is 3. The van der Waals surface area contributed by atoms with Gasteiger partial charge in [-0.25, -0.2) is 9.59 Å². The first kappa shape index (κ1) is 16.3. The Balaban J connectivity index is 1.87. The lowest BCUT2D eigenvalue weighted by Crippen LogP contribution is -2.55. The van der Waals surface area contributed by atoms with Gasteiger partial charge in [-0.05, 0) is 53.2 Å². The maximum absolute atomic E-state index is 12.2. The van der Waals surface area contributed by atoms with Gasteiger partial charge in [0, 0.05) is 18.0 Å². The SMILES string of the molecule is CC1CCCN(C(=O)NCCc2ccc(Br)s2)C1C(=O)O. The zero-order valence-corrected chi connectivity index (χ0v) is 14.2. The number of amides is 2. The highest BCUT2D eigenvalue weighted by Crippen LogP contribution is 2.24. The van der Waals surface area contributed by atoms with Crippen LogP contribution in [0.25, 0.3) is 0 Å². The predicted octanol–water partition coefficient (Wildman–Crippen LogP) is 2.95. The normalized spacial score (nSPS) is 22.1. The van der Waals surface area contributed by atoms with Crippen LogP contribution < -0.4 is 5.32 Å². The number of hydrogen-bond donors (Lipinski definition) is 2. The maximum Gasteiger partial charge on any atom is 0.326 e. The lowest BCUT2D eigenvalue weighted by molar-refractivity contribution is -0.145. The minimum atomic E-state index is -0.917. The van der Waals surface area contributed by atoms with E-state index >= 15 is 0 Å². The van der Waals surface area contributed by atoms with Crippen LogP contribution in [0, 0.1) is 5.92 Å². The molecule has 2 heterocycles. The Hall–Kier alpha value is -1.08. The number of piperidine rings is 1. The molecule has 1 aromatic heterocycles. The topological polar surface area (TPSA) is 69.6 Å². The Labute approximate surface area is 136 Å². The van der Waals surface area contributed by atoms with Crippen molar-refractivity contribution in [3.05, 3.63) is 20.8 Å². The van der Waals surface area contributed by atoms with E-state index in [4.69, 9.17) is 0 Å². The minimum absolute atomic E-state index is 0.00440. The number of aliphatic carboxylic acids is 1. The molecule has 2 N–H and O–H groups in total. The first-order valence-electron chi connectivity index (χ1n) is 7.00. The van der Waals surface area contributed by atoms with Crippen LogP contribution in [0.15, 0.2) is 15.9 Å². The van der Waals surface area contributed by atoms with Crippen molar-refractivity contribution in [1.29, 1.82) is 0 Å². The number of urea groups is 1. The van der Waals surface area contributed by atoms with E-state index in [1.807, 2.05) is 19.1 Å². The fourth-order valence-electron chi connectivity index (χ4n) is 2.67. The molecule has 1 aliphatic heterocycles. The molecule has 2 amide bonds. The van der Waals surface area contributed by atoms with Crippen LogP contribution in [0.5, 0.6) is 0 Å². The Morgan fingerprint density at radius 3 is 2.90 bits per heavy atom. The van der Waals surface area contributed by atoms with Gasteiger partial charge in [-0.1, -0.05) is 6.92 Å². The molecular weight excluding hydrogens is 356 g/mol. The molecule has 1 fully saturated rings. The summed E-state index contributed by atoms with van der Waals surface area (Å²) in [5, 5.41) is 12.1. The van der Waals surface area contributed by atoms with Gasteiger partial charge in [-0.3, -0.25) is 0 Å². The quantitative estimate of drug-likeness (QED) is 0.850. The van der Waals surface area contributed by atoms with E-state index in [9.17, 15) is 14.7 Å². The molecule has 0 radical (unpaired) electrons. The fraction of sp³-hybridized carbons (Fsp3) is 0.571. The van der Waals surface area contributed by atoms with Crippen molar-refractivity contribution in [2.24, 2.45) is 5.92 Å². The molecule has 0 saturated carbocycles. The van der Waals surface area contributed by atoms with Crippen molar-refractivity contribution in [2.45, 2.75) is 32.2 Å². The van der Waals surface area contributed by atoms with Crippen molar-refractivity contribution in [1.82, 2.24) is 10.2 Å². The highest BCUT2D eigenvalue weighted by molar-refractivity contribution is 9.11. The van der Waals surface area contributed by atoms with E-state index in [0.717, 1.165) is 23.0 Å². The van der Waals surface area contributed by atoms with Gasteiger partial charge in [0.15, 0.2) is 0 Å². The summed E-state index contributed by atoms with van der Waals surface area (Å²) in [5.74, 6) is -0.921. The van der Waals surface area contributed by atoms with E-state index in [0.29, 0.717) is 13.1 Å². The minimum Gasteiger partial charge on any atom is -0.480 e. The second kappa shape index (κ2) is 7.26. The molecule has 116 valence electrons. The fourth-order valence-corrected chi connectivity index (χ4v) is 4.16. The molecule has 2 unspecified atom stereocenters. The number of likely N-dealkylation sites (tertiary alicyclic amines) is 1.